The summed E-state index contributed by atoms with van der Waals surface area (Å²) in [5.74, 6) is 1.88. The number of hydrogen-bond donors (Lipinski definition) is 3. The van der Waals surface area contributed by atoms with Gasteiger partial charge in [0.25, 0.3) is 0 Å². The van der Waals surface area contributed by atoms with Crippen molar-refractivity contribution in [2.45, 2.75) is 75.3 Å². The van der Waals surface area contributed by atoms with Crippen LogP contribution in [-0.4, -0.2) is 75.3 Å². The van der Waals surface area contributed by atoms with Gasteiger partial charge in [-0.15, -0.1) is 10.2 Å². The van der Waals surface area contributed by atoms with Crippen LogP contribution in [0.4, 0.5) is 11.5 Å². The van der Waals surface area contributed by atoms with E-state index in [1.165, 1.54) is 11.1 Å². The second-order valence-electron chi connectivity index (χ2n) is 14.0. The molecule has 4 N–H and O–H groups in total. The van der Waals surface area contributed by atoms with E-state index in [9.17, 15) is 14.7 Å². The molecule has 1 unspecified atom stereocenters. The van der Waals surface area contributed by atoms with Crippen molar-refractivity contribution >= 4 is 23.3 Å². The zero-order valence-electron chi connectivity index (χ0n) is 28.1. The highest BCUT2D eigenvalue weighted by Crippen LogP contribution is 2.45. The number of carbonyl (C=O) groups excluding carboxylic acids is 2. The Morgan fingerprint density at radius 3 is 2.40 bits per heavy atom. The lowest BCUT2D eigenvalue weighted by atomic mass is 9.79. The Kier molecular flexibility index (Phi) is 8.82. The monoisotopic (exact) mass is 673 g/mol. The first-order valence-electron chi connectivity index (χ1n) is 17.9. The second-order valence-corrected chi connectivity index (χ2v) is 14.0. The zero-order valence-corrected chi connectivity index (χ0v) is 28.1. The number of fused-ring (bicyclic) bond motifs is 1. The Morgan fingerprint density at radius 1 is 0.820 bits per heavy atom. The van der Waals surface area contributed by atoms with Gasteiger partial charge in [0, 0.05) is 29.8 Å². The molecular formula is C39H43N7O4. The largest absolute Gasteiger partial charge is 0.507 e. The quantitative estimate of drug-likeness (QED) is 0.227. The number of nitrogens with zero attached hydrogens (tertiary/aromatic N) is 5. The fraction of sp³-hybridized carbons (Fsp3) is 0.410. The maximum absolute atomic E-state index is 12.7. The Hall–Kier alpha value is -5.03. The molecule has 1 saturated carbocycles. The Bertz CT molecular complexity index is 1880. The topological polar surface area (TPSA) is 147 Å². The number of likely N-dealkylation sites (tertiary alicyclic amines) is 1. The van der Waals surface area contributed by atoms with E-state index >= 15 is 0 Å². The number of aromatic nitrogens is 3. The van der Waals surface area contributed by atoms with Crippen LogP contribution in [-0.2, 0) is 9.59 Å². The van der Waals surface area contributed by atoms with Gasteiger partial charge >= 0.3 is 0 Å². The minimum atomic E-state index is -0.333. The van der Waals surface area contributed by atoms with Crippen molar-refractivity contribution in [2.75, 3.05) is 36.9 Å². The molecule has 2 amide bonds. The molecule has 1 atom stereocenters. The van der Waals surface area contributed by atoms with Gasteiger partial charge < -0.3 is 25.4 Å². The number of nitrogens with one attached hydrogen (secondary N) is 1. The fourth-order valence-corrected chi connectivity index (χ4v) is 8.50. The van der Waals surface area contributed by atoms with Crippen LogP contribution in [0.5, 0.6) is 11.5 Å². The molecule has 0 bridgehead atoms. The number of nitrogen functional groups attached to an aromatic ring is 1. The Labute approximate surface area is 291 Å². The van der Waals surface area contributed by atoms with Gasteiger partial charge in [0.2, 0.25) is 11.8 Å². The number of piperidine rings is 2. The number of pyridine rings is 1. The number of anilines is 2. The van der Waals surface area contributed by atoms with Gasteiger partial charge in [-0.3, -0.25) is 19.9 Å². The molecule has 11 heteroatoms. The molecule has 50 heavy (non-hydrogen) atoms. The van der Waals surface area contributed by atoms with Gasteiger partial charge in [0.05, 0.1) is 23.6 Å². The summed E-state index contributed by atoms with van der Waals surface area (Å²) in [6, 6.07) is 19.7. The minimum absolute atomic E-state index is 0.143. The number of phenolic OH excluding ortho intramolecular Hbond substituents is 1. The first-order valence-corrected chi connectivity index (χ1v) is 17.9. The van der Waals surface area contributed by atoms with Crippen LogP contribution < -0.4 is 20.7 Å². The van der Waals surface area contributed by atoms with E-state index < -0.39 is 0 Å². The van der Waals surface area contributed by atoms with Crippen LogP contribution in [0.15, 0.2) is 66.9 Å². The number of benzene rings is 2. The summed E-state index contributed by atoms with van der Waals surface area (Å²) in [4.78, 5) is 34.1. The van der Waals surface area contributed by atoms with Crippen molar-refractivity contribution in [3.8, 4) is 34.0 Å². The number of amides is 2. The van der Waals surface area contributed by atoms with E-state index in [4.69, 9.17) is 15.5 Å². The molecule has 8 rings (SSSR count). The standard InChI is InChI=1S/C39H43N7O4/c40-38-30(22-32(43-44-38)29-4-1-2-7-35(29)47)31-13-10-26(23-41-31)24-16-18-45(19-17-24)27-11-8-25(9-12-27)28-5-3-6-33-37(28)50-21-20-46(33)34-14-15-36(48)42-39(34)49/h1-7,10,13,22-25,27,34,47H,8-9,11-12,14-21H2,(H2,40,44)(H,42,48,49). The highest BCUT2D eigenvalue weighted by atomic mass is 16.5. The first kappa shape index (κ1) is 32.2. The lowest BCUT2D eigenvalue weighted by Crippen LogP contribution is -2.54. The maximum atomic E-state index is 12.7. The average Bonchev–Trinajstić information content (AvgIpc) is 3.15. The predicted molar refractivity (Wildman–Crippen MR) is 191 cm³/mol. The van der Waals surface area contributed by atoms with E-state index in [0.29, 0.717) is 66.5 Å². The van der Waals surface area contributed by atoms with Crippen LogP contribution in [0.1, 0.15) is 74.3 Å². The number of phenols is 1. The lowest BCUT2D eigenvalue weighted by molar-refractivity contribution is -0.134. The third-order valence-corrected chi connectivity index (χ3v) is 11.2. The lowest BCUT2D eigenvalue weighted by Gasteiger charge is -2.42. The number of imide groups is 1. The third kappa shape index (κ3) is 6.26. The van der Waals surface area contributed by atoms with Crippen molar-refractivity contribution in [3.05, 3.63) is 78.0 Å². The number of carbonyl (C=O) groups is 2. The van der Waals surface area contributed by atoms with E-state index in [-0.39, 0.29) is 23.6 Å². The molecule has 4 aromatic rings. The Morgan fingerprint density at radius 2 is 1.64 bits per heavy atom. The number of hydrogen-bond acceptors (Lipinski definition) is 10. The summed E-state index contributed by atoms with van der Waals surface area (Å²) in [5, 5.41) is 21.2. The van der Waals surface area contributed by atoms with Crippen LogP contribution in [0, 0.1) is 0 Å². The molecule has 11 nitrogen and oxygen atoms in total. The average molecular weight is 674 g/mol. The summed E-state index contributed by atoms with van der Waals surface area (Å²) in [6.45, 7) is 3.35. The van der Waals surface area contributed by atoms with Gasteiger partial charge in [-0.1, -0.05) is 30.3 Å². The van der Waals surface area contributed by atoms with Crippen molar-refractivity contribution in [1.82, 2.24) is 25.4 Å². The molecule has 2 aromatic heterocycles. The molecule has 3 fully saturated rings. The third-order valence-electron chi connectivity index (χ3n) is 11.2. The number of rotatable bonds is 6. The van der Waals surface area contributed by atoms with Gasteiger partial charge in [-0.25, -0.2) is 0 Å². The summed E-state index contributed by atoms with van der Waals surface area (Å²) in [5.41, 5.74) is 12.3. The van der Waals surface area contributed by atoms with Gasteiger partial charge in [0.15, 0.2) is 5.82 Å². The molecule has 258 valence electrons. The van der Waals surface area contributed by atoms with Crippen LogP contribution in [0.2, 0.25) is 0 Å². The SMILES string of the molecule is Nc1nnc(-c2ccccc2O)cc1-c1ccc(C2CCN(C3CCC(c4cccc5c4OCCN5C4CCC(=O)NC4=O)CC3)CC2)cn1. The smallest absolute Gasteiger partial charge is 0.249 e. The molecule has 3 aliphatic heterocycles. The summed E-state index contributed by atoms with van der Waals surface area (Å²) in [6.07, 6.45) is 9.66. The highest BCUT2D eigenvalue weighted by Gasteiger charge is 2.37. The first-order chi connectivity index (χ1) is 24.4. The van der Waals surface area contributed by atoms with Crippen molar-refractivity contribution < 1.29 is 19.4 Å². The molecule has 0 spiro atoms. The second kappa shape index (κ2) is 13.7. The number of aromatic hydroxyl groups is 1. The van der Waals surface area contributed by atoms with Crippen molar-refractivity contribution in [1.29, 1.82) is 0 Å². The summed E-state index contributed by atoms with van der Waals surface area (Å²) < 4.78 is 6.27. The van der Waals surface area contributed by atoms with Gasteiger partial charge in [-0.05, 0) is 111 Å². The maximum Gasteiger partial charge on any atom is 0.249 e. The van der Waals surface area contributed by atoms with Gasteiger partial charge in [-0.2, -0.15) is 0 Å². The summed E-state index contributed by atoms with van der Waals surface area (Å²) in [7, 11) is 0. The van der Waals surface area contributed by atoms with Crippen LogP contribution in [0.25, 0.3) is 22.5 Å². The van der Waals surface area contributed by atoms with E-state index in [2.05, 4.69) is 49.6 Å². The van der Waals surface area contributed by atoms with E-state index in [1.807, 2.05) is 24.4 Å². The number of para-hydroxylation sites is 2. The van der Waals surface area contributed by atoms with Crippen LogP contribution >= 0.6 is 0 Å². The molecular weight excluding hydrogens is 630 g/mol. The van der Waals surface area contributed by atoms with E-state index in [1.54, 1.807) is 18.2 Å². The fourth-order valence-electron chi connectivity index (χ4n) is 8.50. The van der Waals surface area contributed by atoms with Gasteiger partial charge in [0.1, 0.15) is 24.1 Å². The predicted octanol–water partition coefficient (Wildman–Crippen LogP) is 5.40. The minimum Gasteiger partial charge on any atom is -0.507 e. The normalized spacial score (nSPS) is 23.2. The Balaban J connectivity index is 0.874. The van der Waals surface area contributed by atoms with Crippen molar-refractivity contribution in [2.24, 2.45) is 0 Å². The number of nitrogens with two attached hydrogens (primary N) is 1. The van der Waals surface area contributed by atoms with Crippen LogP contribution in [0.3, 0.4) is 0 Å². The van der Waals surface area contributed by atoms with E-state index in [0.717, 1.165) is 68.7 Å². The molecule has 2 aromatic carbocycles. The molecule has 1 aliphatic carbocycles. The number of ether oxygens (including phenoxy) is 1. The molecule has 2 saturated heterocycles. The zero-order chi connectivity index (χ0) is 34.2. The molecule has 5 heterocycles. The summed E-state index contributed by atoms with van der Waals surface area (Å²) >= 11 is 0. The molecule has 0 radical (unpaired) electrons. The molecule has 4 aliphatic rings. The highest BCUT2D eigenvalue weighted by molar-refractivity contribution is 6.02. The van der Waals surface area contributed by atoms with Crippen molar-refractivity contribution in [3.63, 3.8) is 0 Å².